The predicted molar refractivity (Wildman–Crippen MR) is 111 cm³/mol. The number of hydrogen-bond donors (Lipinski definition) is 2. The lowest BCUT2D eigenvalue weighted by Gasteiger charge is -2.43. The number of nitrogens with one attached hydrogen (secondary N) is 1. The first-order chi connectivity index (χ1) is 13.1. The standard InChI is InChI=1S/C22H29N3OS/c1-14-25-20(13-27-14)16-7-5-15(6-8-16)9-10-24-22(26)19-11-17-3-2-4-18(12-19)21(17)23/h5-8,13,17-19,21H,2-4,9-12,23H2,1H3,(H,24,26). The van der Waals surface area contributed by atoms with Gasteiger partial charge in [0.25, 0.3) is 0 Å². The molecule has 4 nitrogen and oxygen atoms in total. The number of nitrogens with two attached hydrogens (primary N) is 1. The fourth-order valence-corrected chi connectivity index (χ4v) is 5.44. The van der Waals surface area contributed by atoms with E-state index in [2.05, 4.69) is 39.9 Å². The lowest BCUT2D eigenvalue weighted by Crippen LogP contribution is -2.49. The zero-order valence-electron chi connectivity index (χ0n) is 16.0. The first-order valence-electron chi connectivity index (χ1n) is 10.1. The highest BCUT2D eigenvalue weighted by Gasteiger charge is 2.40. The second kappa shape index (κ2) is 8.11. The van der Waals surface area contributed by atoms with Gasteiger partial charge in [-0.1, -0.05) is 30.7 Å². The van der Waals surface area contributed by atoms with Crippen molar-refractivity contribution in [3.8, 4) is 11.3 Å². The molecule has 0 saturated heterocycles. The molecule has 1 aromatic carbocycles. The third-order valence-corrected chi connectivity index (χ3v) is 7.14. The molecule has 144 valence electrons. The summed E-state index contributed by atoms with van der Waals surface area (Å²) in [6.45, 7) is 2.73. The van der Waals surface area contributed by atoms with E-state index in [1.807, 2.05) is 6.92 Å². The Hall–Kier alpha value is -1.72. The lowest BCUT2D eigenvalue weighted by molar-refractivity contribution is -0.127. The van der Waals surface area contributed by atoms with Gasteiger partial charge in [-0.15, -0.1) is 11.3 Å². The van der Waals surface area contributed by atoms with E-state index in [4.69, 9.17) is 5.73 Å². The highest BCUT2D eigenvalue weighted by atomic mass is 32.1. The topological polar surface area (TPSA) is 68.0 Å². The predicted octanol–water partition coefficient (Wildman–Crippen LogP) is 3.93. The van der Waals surface area contributed by atoms with Gasteiger partial charge in [-0.2, -0.15) is 0 Å². The van der Waals surface area contributed by atoms with Crippen molar-refractivity contribution in [3.63, 3.8) is 0 Å². The van der Waals surface area contributed by atoms with E-state index >= 15 is 0 Å². The van der Waals surface area contributed by atoms with Crippen LogP contribution in [0.2, 0.25) is 0 Å². The summed E-state index contributed by atoms with van der Waals surface area (Å²) in [7, 11) is 0. The molecule has 0 spiro atoms. The average Bonchev–Trinajstić information content (AvgIpc) is 3.08. The molecule has 0 aliphatic heterocycles. The minimum Gasteiger partial charge on any atom is -0.356 e. The molecule has 2 aliphatic rings. The number of aromatic nitrogens is 1. The summed E-state index contributed by atoms with van der Waals surface area (Å²) < 4.78 is 0. The van der Waals surface area contributed by atoms with E-state index in [-0.39, 0.29) is 11.8 Å². The van der Waals surface area contributed by atoms with Crippen molar-refractivity contribution in [3.05, 3.63) is 40.2 Å². The number of rotatable bonds is 5. The molecule has 2 atom stereocenters. The fraction of sp³-hybridized carbons (Fsp3) is 0.545. The van der Waals surface area contributed by atoms with Gasteiger partial charge in [0.2, 0.25) is 5.91 Å². The van der Waals surface area contributed by atoms with Crippen molar-refractivity contribution in [2.45, 2.75) is 51.5 Å². The van der Waals surface area contributed by atoms with E-state index in [0.717, 1.165) is 35.5 Å². The van der Waals surface area contributed by atoms with Crippen LogP contribution in [0.5, 0.6) is 0 Å². The molecule has 2 aromatic rings. The van der Waals surface area contributed by atoms with Crippen molar-refractivity contribution in [2.75, 3.05) is 6.54 Å². The smallest absolute Gasteiger partial charge is 0.223 e. The van der Waals surface area contributed by atoms with Gasteiger partial charge < -0.3 is 11.1 Å². The van der Waals surface area contributed by atoms with E-state index in [1.165, 1.54) is 24.8 Å². The summed E-state index contributed by atoms with van der Waals surface area (Å²) in [5.41, 5.74) is 9.78. The average molecular weight is 384 g/mol. The highest BCUT2D eigenvalue weighted by Crippen LogP contribution is 2.41. The Morgan fingerprint density at radius 1 is 1.22 bits per heavy atom. The van der Waals surface area contributed by atoms with Gasteiger partial charge in [-0.3, -0.25) is 4.79 Å². The summed E-state index contributed by atoms with van der Waals surface area (Å²) >= 11 is 1.67. The zero-order valence-corrected chi connectivity index (χ0v) is 16.8. The quantitative estimate of drug-likeness (QED) is 0.822. The Morgan fingerprint density at radius 3 is 2.56 bits per heavy atom. The van der Waals surface area contributed by atoms with Crippen LogP contribution in [0, 0.1) is 24.7 Å². The molecule has 0 radical (unpaired) electrons. The first-order valence-corrected chi connectivity index (χ1v) is 11.0. The molecule has 2 bridgehead atoms. The molecule has 1 heterocycles. The number of thiazole rings is 1. The van der Waals surface area contributed by atoms with Crippen LogP contribution in [0.15, 0.2) is 29.6 Å². The third-order valence-electron chi connectivity index (χ3n) is 6.37. The minimum absolute atomic E-state index is 0.162. The van der Waals surface area contributed by atoms with Gasteiger partial charge in [0.1, 0.15) is 0 Å². The van der Waals surface area contributed by atoms with Crippen LogP contribution in [0.25, 0.3) is 11.3 Å². The van der Waals surface area contributed by atoms with Crippen molar-refractivity contribution in [2.24, 2.45) is 23.5 Å². The largest absolute Gasteiger partial charge is 0.356 e. The van der Waals surface area contributed by atoms with Crippen LogP contribution in [0.1, 0.15) is 42.7 Å². The van der Waals surface area contributed by atoms with Gasteiger partial charge in [-0.25, -0.2) is 4.98 Å². The third kappa shape index (κ3) is 4.25. The van der Waals surface area contributed by atoms with Crippen molar-refractivity contribution < 1.29 is 4.79 Å². The molecule has 1 aromatic heterocycles. The molecular formula is C22H29N3OS. The lowest BCUT2D eigenvalue weighted by atomic mass is 9.65. The van der Waals surface area contributed by atoms with Gasteiger partial charge in [0, 0.05) is 29.4 Å². The number of fused-ring (bicyclic) bond motifs is 2. The summed E-state index contributed by atoms with van der Waals surface area (Å²) in [5, 5.41) is 6.35. The summed E-state index contributed by atoms with van der Waals surface area (Å²) in [6, 6.07) is 8.84. The second-order valence-electron chi connectivity index (χ2n) is 8.19. The van der Waals surface area contributed by atoms with E-state index < -0.39 is 0 Å². The zero-order chi connectivity index (χ0) is 18.8. The summed E-state index contributed by atoms with van der Waals surface area (Å²) in [5.74, 6) is 1.49. The number of amides is 1. The highest BCUT2D eigenvalue weighted by molar-refractivity contribution is 7.09. The second-order valence-corrected chi connectivity index (χ2v) is 9.25. The van der Waals surface area contributed by atoms with Crippen LogP contribution in [-0.2, 0) is 11.2 Å². The maximum Gasteiger partial charge on any atom is 0.223 e. The summed E-state index contributed by atoms with van der Waals surface area (Å²) in [6.07, 6.45) is 6.50. The van der Waals surface area contributed by atoms with Crippen LogP contribution >= 0.6 is 11.3 Å². The van der Waals surface area contributed by atoms with Crippen molar-refractivity contribution in [1.29, 1.82) is 0 Å². The number of hydrogen-bond acceptors (Lipinski definition) is 4. The molecule has 2 unspecified atom stereocenters. The molecule has 2 saturated carbocycles. The molecule has 5 heteroatoms. The molecule has 1 amide bonds. The maximum atomic E-state index is 12.6. The van der Waals surface area contributed by atoms with Crippen LogP contribution in [-0.4, -0.2) is 23.5 Å². The Morgan fingerprint density at radius 2 is 1.93 bits per heavy atom. The van der Waals surface area contributed by atoms with E-state index in [1.54, 1.807) is 11.3 Å². The van der Waals surface area contributed by atoms with Crippen molar-refractivity contribution >= 4 is 17.2 Å². The van der Waals surface area contributed by atoms with Crippen LogP contribution in [0.3, 0.4) is 0 Å². The van der Waals surface area contributed by atoms with E-state index in [0.29, 0.717) is 24.4 Å². The SMILES string of the molecule is Cc1nc(-c2ccc(CCNC(=O)C3CC4CCCC(C3)C4N)cc2)cs1. The Labute approximate surface area is 165 Å². The number of aryl methyl sites for hydroxylation is 1. The summed E-state index contributed by atoms with van der Waals surface area (Å²) in [4.78, 5) is 17.1. The molecule has 27 heavy (non-hydrogen) atoms. The molecule has 2 aliphatic carbocycles. The number of benzene rings is 1. The van der Waals surface area contributed by atoms with Gasteiger partial charge in [-0.05, 0) is 56.4 Å². The Kier molecular flexibility index (Phi) is 5.60. The Bertz CT molecular complexity index is 771. The molecule has 4 rings (SSSR count). The number of carbonyl (C=O) groups is 1. The van der Waals surface area contributed by atoms with Crippen molar-refractivity contribution in [1.82, 2.24) is 10.3 Å². The normalized spacial score (nSPS) is 27.3. The molecule has 2 fully saturated rings. The van der Waals surface area contributed by atoms with Gasteiger partial charge in [0.05, 0.1) is 10.7 Å². The van der Waals surface area contributed by atoms with Crippen LogP contribution < -0.4 is 11.1 Å². The molecular weight excluding hydrogens is 354 g/mol. The Balaban J connectivity index is 1.26. The van der Waals surface area contributed by atoms with Gasteiger partial charge >= 0.3 is 0 Å². The maximum absolute atomic E-state index is 12.6. The minimum atomic E-state index is 0.162. The van der Waals surface area contributed by atoms with E-state index in [9.17, 15) is 4.79 Å². The first kappa shape index (κ1) is 18.6. The molecule has 3 N–H and O–H groups in total. The number of carbonyl (C=O) groups excluding carboxylic acids is 1. The number of nitrogens with zero attached hydrogens (tertiary/aromatic N) is 1. The fourth-order valence-electron chi connectivity index (χ4n) is 4.82. The monoisotopic (exact) mass is 383 g/mol. The van der Waals surface area contributed by atoms with Gasteiger partial charge in [0.15, 0.2) is 0 Å². The van der Waals surface area contributed by atoms with Crippen LogP contribution in [0.4, 0.5) is 0 Å².